The van der Waals surface area contributed by atoms with Crippen molar-refractivity contribution in [3.8, 4) is 0 Å². The largest absolute Gasteiger partial charge is 0.348 e. The first kappa shape index (κ1) is 30.5. The topological polar surface area (TPSA) is 91.5 Å². The number of hydrogen-bond donors (Lipinski definition) is 1. The molecule has 4 heterocycles. The maximum atomic E-state index is 12.0. The standard InChI is InChI=1S/C14H24N4O.C11H18N4O.C2H6/c1-10(2)15-14(19)13-8-12-9-17(11(3)4)6-5-7-18(12)16-13;1-13(2)11(16)10-7-9-8-14(3)5-4-6-15(9)12-10;1-2/h8,10-11H,5-7,9H2,1-4H3,(H,15,19);7H,4-6,8H2,1-3H3;1-2H3. The van der Waals surface area contributed by atoms with Crippen LogP contribution in [-0.2, 0) is 26.2 Å². The lowest BCUT2D eigenvalue weighted by Gasteiger charge is -2.23. The second-order valence-electron chi connectivity index (χ2n) is 10.3. The molecule has 0 aliphatic carbocycles. The summed E-state index contributed by atoms with van der Waals surface area (Å²) in [6.07, 6.45) is 2.17. The highest BCUT2D eigenvalue weighted by atomic mass is 16.2. The predicted molar refractivity (Wildman–Crippen MR) is 148 cm³/mol. The van der Waals surface area contributed by atoms with Gasteiger partial charge in [-0.1, -0.05) is 13.8 Å². The Morgan fingerprint density at radius 3 is 1.97 bits per heavy atom. The summed E-state index contributed by atoms with van der Waals surface area (Å²) in [5, 5.41) is 11.7. The molecule has 2 amide bonds. The van der Waals surface area contributed by atoms with Crippen LogP contribution in [0.15, 0.2) is 12.1 Å². The van der Waals surface area contributed by atoms with Crippen molar-refractivity contribution in [1.29, 1.82) is 0 Å². The maximum Gasteiger partial charge on any atom is 0.273 e. The van der Waals surface area contributed by atoms with E-state index in [1.54, 1.807) is 19.0 Å². The van der Waals surface area contributed by atoms with E-state index < -0.39 is 0 Å². The minimum Gasteiger partial charge on any atom is -0.348 e. The van der Waals surface area contributed by atoms with Gasteiger partial charge in [0.2, 0.25) is 0 Å². The monoisotopic (exact) mass is 516 g/mol. The van der Waals surface area contributed by atoms with Gasteiger partial charge in [0.05, 0.1) is 11.4 Å². The van der Waals surface area contributed by atoms with Crippen LogP contribution >= 0.6 is 0 Å². The van der Waals surface area contributed by atoms with Gasteiger partial charge in [0.15, 0.2) is 5.69 Å². The summed E-state index contributed by atoms with van der Waals surface area (Å²) < 4.78 is 3.94. The molecule has 0 spiro atoms. The van der Waals surface area contributed by atoms with Crippen molar-refractivity contribution in [3.63, 3.8) is 0 Å². The molecule has 0 unspecified atom stereocenters. The molecular weight excluding hydrogens is 468 g/mol. The fraction of sp³-hybridized carbons (Fsp3) is 0.704. The summed E-state index contributed by atoms with van der Waals surface area (Å²) in [4.78, 5) is 30.0. The molecule has 0 radical (unpaired) electrons. The van der Waals surface area contributed by atoms with Gasteiger partial charge in [0.1, 0.15) is 5.69 Å². The Kier molecular flexibility index (Phi) is 11.8. The average Bonchev–Trinajstić information content (AvgIpc) is 3.31. The predicted octanol–water partition coefficient (Wildman–Crippen LogP) is 3.08. The third-order valence-corrected chi connectivity index (χ3v) is 6.26. The lowest BCUT2D eigenvalue weighted by Crippen LogP contribution is -2.31. The summed E-state index contributed by atoms with van der Waals surface area (Å²) in [6.45, 7) is 18.0. The fourth-order valence-electron chi connectivity index (χ4n) is 4.33. The van der Waals surface area contributed by atoms with Crippen LogP contribution in [0.4, 0.5) is 0 Å². The molecule has 208 valence electrons. The van der Waals surface area contributed by atoms with Crippen molar-refractivity contribution in [2.45, 2.75) is 92.6 Å². The minimum absolute atomic E-state index is 0.0248. The van der Waals surface area contributed by atoms with Crippen molar-refractivity contribution >= 4 is 11.8 Å². The number of fused-ring (bicyclic) bond motifs is 2. The molecule has 1 N–H and O–H groups in total. The van der Waals surface area contributed by atoms with Crippen LogP contribution in [0.2, 0.25) is 0 Å². The first-order valence-electron chi connectivity index (χ1n) is 13.6. The quantitative estimate of drug-likeness (QED) is 0.672. The maximum absolute atomic E-state index is 12.0. The molecule has 0 fully saturated rings. The number of carbonyl (C=O) groups excluding carboxylic acids is 2. The molecule has 2 aromatic heterocycles. The molecule has 0 saturated heterocycles. The first-order chi connectivity index (χ1) is 17.5. The molecule has 37 heavy (non-hydrogen) atoms. The van der Waals surface area contributed by atoms with Crippen LogP contribution in [0.5, 0.6) is 0 Å². The normalized spacial score (nSPS) is 15.9. The second-order valence-corrected chi connectivity index (χ2v) is 10.3. The molecule has 0 saturated carbocycles. The van der Waals surface area contributed by atoms with Gasteiger partial charge in [-0.15, -0.1) is 0 Å². The highest BCUT2D eigenvalue weighted by Gasteiger charge is 2.21. The van der Waals surface area contributed by atoms with Gasteiger partial charge in [-0.05, 0) is 59.7 Å². The lowest BCUT2D eigenvalue weighted by atomic mass is 10.2. The van der Waals surface area contributed by atoms with Crippen LogP contribution in [0.1, 0.15) is 86.7 Å². The number of aryl methyl sites for hydroxylation is 2. The lowest BCUT2D eigenvalue weighted by molar-refractivity contribution is 0.0820. The van der Waals surface area contributed by atoms with E-state index in [4.69, 9.17) is 0 Å². The van der Waals surface area contributed by atoms with Crippen LogP contribution in [0.25, 0.3) is 0 Å². The van der Waals surface area contributed by atoms with Gasteiger partial charge < -0.3 is 15.1 Å². The average molecular weight is 517 g/mol. The molecule has 2 aliphatic heterocycles. The van der Waals surface area contributed by atoms with Crippen LogP contribution in [0, 0.1) is 0 Å². The smallest absolute Gasteiger partial charge is 0.273 e. The molecule has 0 atom stereocenters. The minimum atomic E-state index is -0.0772. The Labute approximate surface area is 223 Å². The van der Waals surface area contributed by atoms with E-state index in [2.05, 4.69) is 46.2 Å². The van der Waals surface area contributed by atoms with E-state index in [0.29, 0.717) is 17.4 Å². The summed E-state index contributed by atoms with van der Waals surface area (Å²) in [5.41, 5.74) is 3.36. The Morgan fingerprint density at radius 1 is 0.865 bits per heavy atom. The van der Waals surface area contributed by atoms with Crippen molar-refractivity contribution in [3.05, 3.63) is 34.9 Å². The van der Waals surface area contributed by atoms with Crippen molar-refractivity contribution in [2.75, 3.05) is 34.2 Å². The van der Waals surface area contributed by atoms with Crippen LogP contribution in [0.3, 0.4) is 0 Å². The van der Waals surface area contributed by atoms with Gasteiger partial charge >= 0.3 is 0 Å². The highest BCUT2D eigenvalue weighted by molar-refractivity contribution is 5.92. The number of amides is 2. The second kappa shape index (κ2) is 14.3. The Hall–Kier alpha value is -2.72. The summed E-state index contributed by atoms with van der Waals surface area (Å²) >= 11 is 0. The van der Waals surface area contributed by atoms with E-state index >= 15 is 0 Å². The number of carbonyl (C=O) groups is 2. The van der Waals surface area contributed by atoms with Gasteiger partial charge in [-0.3, -0.25) is 23.9 Å². The van der Waals surface area contributed by atoms with Crippen LogP contribution < -0.4 is 5.32 Å². The third kappa shape index (κ3) is 8.67. The zero-order valence-electron chi connectivity index (χ0n) is 24.4. The molecule has 10 nitrogen and oxygen atoms in total. The number of hydrogen-bond acceptors (Lipinski definition) is 6. The van der Waals surface area contributed by atoms with E-state index in [-0.39, 0.29) is 17.9 Å². The van der Waals surface area contributed by atoms with Gasteiger partial charge in [0, 0.05) is 65.4 Å². The van der Waals surface area contributed by atoms with E-state index in [1.165, 1.54) is 0 Å². The number of rotatable bonds is 4. The van der Waals surface area contributed by atoms with Gasteiger partial charge in [0.25, 0.3) is 11.8 Å². The molecule has 0 bridgehead atoms. The van der Waals surface area contributed by atoms with E-state index in [1.807, 2.05) is 49.2 Å². The summed E-state index contributed by atoms with van der Waals surface area (Å²) in [7, 11) is 5.59. The SMILES string of the molecule is CC.CC(C)NC(=O)c1cc2n(n1)CCCN(C(C)C)C2.CN1CCCn2nc(C(=O)N(C)C)cc2C1. The zero-order valence-corrected chi connectivity index (χ0v) is 24.4. The zero-order chi connectivity index (χ0) is 27.7. The molecule has 2 aromatic rings. The number of aromatic nitrogens is 4. The van der Waals surface area contributed by atoms with Gasteiger partial charge in [-0.25, -0.2) is 0 Å². The fourth-order valence-corrected chi connectivity index (χ4v) is 4.33. The molecule has 0 aromatic carbocycles. The van der Waals surface area contributed by atoms with Crippen molar-refractivity contribution in [2.24, 2.45) is 0 Å². The molecule has 10 heteroatoms. The molecule has 4 rings (SSSR count). The summed E-state index contributed by atoms with van der Waals surface area (Å²) in [5.74, 6) is -0.102. The van der Waals surface area contributed by atoms with E-state index in [0.717, 1.165) is 63.5 Å². The third-order valence-electron chi connectivity index (χ3n) is 6.26. The van der Waals surface area contributed by atoms with E-state index in [9.17, 15) is 9.59 Å². The highest BCUT2D eigenvalue weighted by Crippen LogP contribution is 2.16. The Bertz CT molecular complexity index is 1010. The number of nitrogens with one attached hydrogen (secondary N) is 1. The Balaban J connectivity index is 0.000000247. The Morgan fingerprint density at radius 2 is 1.41 bits per heavy atom. The first-order valence-corrected chi connectivity index (χ1v) is 13.6. The number of nitrogens with zero attached hydrogens (tertiary/aromatic N) is 7. The van der Waals surface area contributed by atoms with Crippen LogP contribution in [-0.4, -0.2) is 92.4 Å². The van der Waals surface area contributed by atoms with Crippen molar-refractivity contribution in [1.82, 2.24) is 39.6 Å². The molecule has 2 aliphatic rings. The molecular formula is C27H48N8O2. The summed E-state index contributed by atoms with van der Waals surface area (Å²) in [6, 6.07) is 4.50. The van der Waals surface area contributed by atoms with Crippen molar-refractivity contribution < 1.29 is 9.59 Å². The van der Waals surface area contributed by atoms with Gasteiger partial charge in [-0.2, -0.15) is 10.2 Å².